The maximum Gasteiger partial charge on any atom is 0.161 e. The van der Waals surface area contributed by atoms with Crippen LogP contribution in [0.4, 0.5) is 0 Å². The van der Waals surface area contributed by atoms with Gasteiger partial charge in [0, 0.05) is 5.54 Å². The van der Waals surface area contributed by atoms with Crippen molar-refractivity contribution in [3.63, 3.8) is 0 Å². The Balaban J connectivity index is 1.82. The second kappa shape index (κ2) is 5.62. The van der Waals surface area contributed by atoms with Crippen LogP contribution in [-0.4, -0.2) is 26.4 Å². The predicted octanol–water partition coefficient (Wildman–Crippen LogP) is 2.59. The summed E-state index contributed by atoms with van der Waals surface area (Å²) in [5.41, 5.74) is 7.53. The summed E-state index contributed by atoms with van der Waals surface area (Å²) in [4.78, 5) is 0. The number of methoxy groups -OCH3 is 1. The molecule has 0 aromatic heterocycles. The fourth-order valence-corrected chi connectivity index (χ4v) is 3.01. The summed E-state index contributed by atoms with van der Waals surface area (Å²) < 4.78 is 16.5. The first-order valence-corrected chi connectivity index (χ1v) is 7.43. The van der Waals surface area contributed by atoms with Gasteiger partial charge in [-0.15, -0.1) is 0 Å². The molecule has 0 amide bonds. The Morgan fingerprint density at radius 2 is 1.90 bits per heavy atom. The van der Waals surface area contributed by atoms with Gasteiger partial charge in [-0.1, -0.05) is 25.3 Å². The van der Waals surface area contributed by atoms with E-state index in [9.17, 15) is 0 Å². The van der Waals surface area contributed by atoms with Crippen LogP contribution in [0, 0.1) is 0 Å². The van der Waals surface area contributed by atoms with Crippen molar-refractivity contribution in [2.45, 2.75) is 43.7 Å². The van der Waals surface area contributed by atoms with Crippen molar-refractivity contribution >= 4 is 0 Å². The van der Waals surface area contributed by atoms with Crippen LogP contribution in [0.1, 0.15) is 37.7 Å². The SMILES string of the molecule is COc1cc(C2(N)CCCCC2)ccc1OC1COC1. The number of benzene rings is 1. The van der Waals surface area contributed by atoms with Crippen LogP contribution in [0.5, 0.6) is 11.5 Å². The molecule has 3 rings (SSSR count). The van der Waals surface area contributed by atoms with E-state index in [1.807, 2.05) is 12.1 Å². The molecule has 1 aromatic carbocycles. The molecule has 20 heavy (non-hydrogen) atoms. The molecule has 110 valence electrons. The second-order valence-corrected chi connectivity index (χ2v) is 5.86. The largest absolute Gasteiger partial charge is 0.493 e. The van der Waals surface area contributed by atoms with Gasteiger partial charge in [0.15, 0.2) is 11.5 Å². The number of ether oxygens (including phenoxy) is 3. The standard InChI is InChI=1S/C16H23NO3/c1-18-15-9-12(16(17)7-3-2-4-8-16)5-6-14(15)20-13-10-19-11-13/h5-6,9,13H,2-4,7-8,10-11,17H2,1H3. The zero-order chi connectivity index (χ0) is 14.0. The van der Waals surface area contributed by atoms with Gasteiger partial charge in [0.2, 0.25) is 0 Å². The first kappa shape index (κ1) is 13.7. The molecule has 1 saturated heterocycles. The monoisotopic (exact) mass is 277 g/mol. The second-order valence-electron chi connectivity index (χ2n) is 5.86. The highest BCUT2D eigenvalue weighted by Gasteiger charge is 2.30. The van der Waals surface area contributed by atoms with Crippen LogP contribution in [0.15, 0.2) is 18.2 Å². The van der Waals surface area contributed by atoms with Crippen LogP contribution in [0.2, 0.25) is 0 Å². The molecule has 1 aliphatic heterocycles. The Kier molecular flexibility index (Phi) is 3.85. The summed E-state index contributed by atoms with van der Waals surface area (Å²) in [5.74, 6) is 1.55. The third-order valence-electron chi connectivity index (χ3n) is 4.39. The third kappa shape index (κ3) is 2.63. The molecule has 2 aliphatic rings. The van der Waals surface area contributed by atoms with Gasteiger partial charge in [0.25, 0.3) is 0 Å². The van der Waals surface area contributed by atoms with Crippen LogP contribution in [0.3, 0.4) is 0 Å². The molecule has 4 nitrogen and oxygen atoms in total. The van der Waals surface area contributed by atoms with Crippen molar-refractivity contribution in [1.82, 2.24) is 0 Å². The predicted molar refractivity (Wildman–Crippen MR) is 77.2 cm³/mol. The van der Waals surface area contributed by atoms with Crippen molar-refractivity contribution in [3.05, 3.63) is 23.8 Å². The molecule has 0 atom stereocenters. The Morgan fingerprint density at radius 1 is 1.15 bits per heavy atom. The van der Waals surface area contributed by atoms with E-state index in [2.05, 4.69) is 6.07 Å². The minimum absolute atomic E-state index is 0.149. The molecule has 2 fully saturated rings. The zero-order valence-electron chi connectivity index (χ0n) is 12.1. The first-order chi connectivity index (χ1) is 9.71. The maximum absolute atomic E-state index is 6.58. The molecule has 1 aliphatic carbocycles. The topological polar surface area (TPSA) is 53.7 Å². The Bertz CT molecular complexity index is 465. The maximum atomic E-state index is 6.58. The summed E-state index contributed by atoms with van der Waals surface area (Å²) in [5, 5.41) is 0. The zero-order valence-corrected chi connectivity index (χ0v) is 12.1. The van der Waals surface area contributed by atoms with Gasteiger partial charge < -0.3 is 19.9 Å². The van der Waals surface area contributed by atoms with E-state index in [-0.39, 0.29) is 11.6 Å². The van der Waals surface area contributed by atoms with Crippen molar-refractivity contribution in [1.29, 1.82) is 0 Å². The highest BCUT2D eigenvalue weighted by Crippen LogP contribution is 2.39. The van der Waals surface area contributed by atoms with Gasteiger partial charge >= 0.3 is 0 Å². The van der Waals surface area contributed by atoms with E-state index in [1.165, 1.54) is 19.3 Å². The van der Waals surface area contributed by atoms with E-state index in [1.54, 1.807) is 7.11 Å². The van der Waals surface area contributed by atoms with E-state index in [4.69, 9.17) is 19.9 Å². The molecule has 0 spiro atoms. The number of hydrogen-bond donors (Lipinski definition) is 1. The fraction of sp³-hybridized carbons (Fsp3) is 0.625. The van der Waals surface area contributed by atoms with Crippen LogP contribution in [-0.2, 0) is 10.3 Å². The van der Waals surface area contributed by atoms with Crippen LogP contribution in [0.25, 0.3) is 0 Å². The van der Waals surface area contributed by atoms with E-state index >= 15 is 0 Å². The minimum Gasteiger partial charge on any atom is -0.493 e. The smallest absolute Gasteiger partial charge is 0.161 e. The highest BCUT2D eigenvalue weighted by molar-refractivity contribution is 5.45. The van der Waals surface area contributed by atoms with E-state index in [0.717, 1.165) is 29.9 Å². The molecule has 0 unspecified atom stereocenters. The van der Waals surface area contributed by atoms with Gasteiger partial charge in [0.1, 0.15) is 6.10 Å². The normalized spacial score (nSPS) is 22.1. The lowest BCUT2D eigenvalue weighted by atomic mass is 9.77. The number of rotatable bonds is 4. The van der Waals surface area contributed by atoms with E-state index < -0.39 is 0 Å². The Hall–Kier alpha value is -1.26. The molecular weight excluding hydrogens is 254 g/mol. The van der Waals surface area contributed by atoms with Crippen molar-refractivity contribution in [3.8, 4) is 11.5 Å². The molecule has 0 bridgehead atoms. The average Bonchev–Trinajstić information content (AvgIpc) is 2.43. The summed E-state index contributed by atoms with van der Waals surface area (Å²) >= 11 is 0. The molecular formula is C16H23NO3. The Labute approximate surface area is 120 Å². The lowest BCUT2D eigenvalue weighted by Crippen LogP contribution is -2.39. The molecule has 2 N–H and O–H groups in total. The van der Waals surface area contributed by atoms with Crippen molar-refractivity contribution < 1.29 is 14.2 Å². The third-order valence-corrected chi connectivity index (χ3v) is 4.39. The minimum atomic E-state index is -0.205. The van der Waals surface area contributed by atoms with Crippen molar-refractivity contribution in [2.75, 3.05) is 20.3 Å². The summed E-state index contributed by atoms with van der Waals surface area (Å²) in [6.45, 7) is 1.32. The molecule has 1 saturated carbocycles. The molecule has 0 radical (unpaired) electrons. The van der Waals surface area contributed by atoms with Gasteiger partial charge in [-0.2, -0.15) is 0 Å². The number of nitrogens with two attached hydrogens (primary N) is 1. The van der Waals surface area contributed by atoms with Crippen LogP contribution < -0.4 is 15.2 Å². The average molecular weight is 277 g/mol. The van der Waals surface area contributed by atoms with Gasteiger partial charge in [-0.3, -0.25) is 0 Å². The highest BCUT2D eigenvalue weighted by atomic mass is 16.6. The van der Waals surface area contributed by atoms with Gasteiger partial charge in [-0.25, -0.2) is 0 Å². The summed E-state index contributed by atoms with van der Waals surface area (Å²) in [7, 11) is 1.67. The molecule has 1 aromatic rings. The number of hydrogen-bond acceptors (Lipinski definition) is 4. The lowest BCUT2D eigenvalue weighted by Gasteiger charge is -2.34. The first-order valence-electron chi connectivity index (χ1n) is 7.43. The summed E-state index contributed by atoms with van der Waals surface area (Å²) in [6, 6.07) is 6.11. The van der Waals surface area contributed by atoms with Gasteiger partial charge in [-0.05, 0) is 30.5 Å². The van der Waals surface area contributed by atoms with Crippen LogP contribution >= 0.6 is 0 Å². The lowest BCUT2D eigenvalue weighted by molar-refractivity contribution is -0.0803. The summed E-state index contributed by atoms with van der Waals surface area (Å²) in [6.07, 6.45) is 5.95. The Morgan fingerprint density at radius 3 is 2.50 bits per heavy atom. The molecule has 1 heterocycles. The molecule has 4 heteroatoms. The quantitative estimate of drug-likeness (QED) is 0.919. The van der Waals surface area contributed by atoms with Crippen molar-refractivity contribution in [2.24, 2.45) is 5.73 Å². The fourth-order valence-electron chi connectivity index (χ4n) is 3.01. The van der Waals surface area contributed by atoms with E-state index in [0.29, 0.717) is 13.2 Å². The van der Waals surface area contributed by atoms with Gasteiger partial charge in [0.05, 0.1) is 20.3 Å².